The fourth-order valence-electron chi connectivity index (χ4n) is 4.35. The number of anilines is 2. The molecule has 0 bridgehead atoms. The molecule has 0 radical (unpaired) electrons. The number of aryl methyl sites for hydroxylation is 1. The minimum Gasteiger partial charge on any atom is -0.367 e. The van der Waals surface area contributed by atoms with E-state index in [2.05, 4.69) is 140 Å². The fourth-order valence-corrected chi connectivity index (χ4v) is 4.35. The summed E-state index contributed by atoms with van der Waals surface area (Å²) in [6, 6.07) is 28.0. The first-order chi connectivity index (χ1) is 17.2. The Labute approximate surface area is 212 Å². The van der Waals surface area contributed by atoms with Crippen molar-refractivity contribution in [2.75, 3.05) is 22.9 Å². The molecule has 0 saturated carbocycles. The number of para-hydroxylation sites is 1. The van der Waals surface area contributed by atoms with Crippen LogP contribution in [0.4, 0.5) is 11.4 Å². The summed E-state index contributed by atoms with van der Waals surface area (Å²) in [4.78, 5) is 4.81. The first-order valence-corrected chi connectivity index (χ1v) is 12.7. The van der Waals surface area contributed by atoms with Gasteiger partial charge in [-0.3, -0.25) is 0 Å². The third kappa shape index (κ3) is 5.71. The van der Waals surface area contributed by atoms with Crippen LogP contribution in [0.2, 0.25) is 0 Å². The molecule has 184 valence electrons. The van der Waals surface area contributed by atoms with E-state index in [1.165, 1.54) is 40.9 Å². The Hall–Kier alpha value is -3.66. The molecule has 0 aromatic heterocycles. The maximum atomic E-state index is 3.65. The van der Waals surface area contributed by atoms with Crippen LogP contribution in [0.25, 0.3) is 11.1 Å². The van der Waals surface area contributed by atoms with Crippen LogP contribution in [0.5, 0.6) is 0 Å². The lowest BCUT2D eigenvalue weighted by atomic mass is 10.0. The molecule has 2 aliphatic rings. The van der Waals surface area contributed by atoms with Crippen LogP contribution in [0.3, 0.4) is 0 Å². The minimum atomic E-state index is 0.158. The molecule has 3 aromatic rings. The van der Waals surface area contributed by atoms with E-state index in [4.69, 9.17) is 0 Å². The molecule has 0 aliphatic carbocycles. The van der Waals surface area contributed by atoms with Gasteiger partial charge in [-0.05, 0) is 48.7 Å². The van der Waals surface area contributed by atoms with Gasteiger partial charge in [0.15, 0.2) is 0 Å². The van der Waals surface area contributed by atoms with Gasteiger partial charge < -0.3 is 20.4 Å². The van der Waals surface area contributed by atoms with Gasteiger partial charge in [-0.1, -0.05) is 87.4 Å². The Kier molecular flexibility index (Phi) is 9.42. The van der Waals surface area contributed by atoms with E-state index in [0.29, 0.717) is 0 Å². The smallest absolute Gasteiger partial charge is 0.150 e. The van der Waals surface area contributed by atoms with Crippen LogP contribution in [0.15, 0.2) is 104 Å². The van der Waals surface area contributed by atoms with Crippen molar-refractivity contribution in [1.82, 2.24) is 10.6 Å². The van der Waals surface area contributed by atoms with Crippen LogP contribution in [0, 0.1) is 6.92 Å². The van der Waals surface area contributed by atoms with Gasteiger partial charge in [0.25, 0.3) is 0 Å². The van der Waals surface area contributed by atoms with Crippen molar-refractivity contribution in [1.29, 1.82) is 0 Å². The monoisotopic (exact) mass is 468 g/mol. The van der Waals surface area contributed by atoms with Gasteiger partial charge in [0, 0.05) is 24.5 Å². The molecule has 4 nitrogen and oxygen atoms in total. The highest BCUT2D eigenvalue weighted by molar-refractivity contribution is 5.75. The molecule has 1 unspecified atom stereocenters. The first-order valence-electron chi connectivity index (χ1n) is 12.7. The highest BCUT2D eigenvalue weighted by Crippen LogP contribution is 2.39. The number of hydrogen-bond acceptors (Lipinski definition) is 4. The van der Waals surface area contributed by atoms with E-state index in [9.17, 15) is 0 Å². The average molecular weight is 469 g/mol. The summed E-state index contributed by atoms with van der Waals surface area (Å²) >= 11 is 0. The summed E-state index contributed by atoms with van der Waals surface area (Å²) in [5.74, 6) is 2.31. The molecule has 2 aliphatic heterocycles. The largest absolute Gasteiger partial charge is 0.367 e. The molecule has 0 amide bonds. The van der Waals surface area contributed by atoms with E-state index in [1.54, 1.807) is 0 Å². The Morgan fingerprint density at radius 1 is 0.743 bits per heavy atom. The minimum absolute atomic E-state index is 0.158. The lowest BCUT2D eigenvalue weighted by Crippen LogP contribution is -2.40. The highest BCUT2D eigenvalue weighted by Gasteiger charge is 2.39. The van der Waals surface area contributed by atoms with Gasteiger partial charge in [-0.15, -0.1) is 13.2 Å². The van der Waals surface area contributed by atoms with Crippen LogP contribution in [-0.2, 0) is 0 Å². The Morgan fingerprint density at radius 2 is 1.29 bits per heavy atom. The molecule has 0 spiro atoms. The highest BCUT2D eigenvalue weighted by atomic mass is 15.5. The predicted octanol–water partition coefficient (Wildman–Crippen LogP) is 7.26. The van der Waals surface area contributed by atoms with E-state index in [-0.39, 0.29) is 6.17 Å². The third-order valence-electron chi connectivity index (χ3n) is 6.27. The van der Waals surface area contributed by atoms with Crippen LogP contribution in [0.1, 0.15) is 39.2 Å². The average Bonchev–Trinajstić information content (AvgIpc) is 3.22. The molecular weight excluding hydrogens is 428 g/mol. The topological polar surface area (TPSA) is 30.5 Å². The second kappa shape index (κ2) is 12.7. The molecule has 2 heterocycles. The normalized spacial score (nSPS) is 16.2. The van der Waals surface area contributed by atoms with Crippen molar-refractivity contribution >= 4 is 11.4 Å². The number of nitrogens with one attached hydrogen (secondary N) is 2. The molecule has 3 aromatic carbocycles. The zero-order chi connectivity index (χ0) is 25.2. The molecule has 4 heteroatoms. The van der Waals surface area contributed by atoms with Crippen molar-refractivity contribution in [2.24, 2.45) is 0 Å². The Balaban J connectivity index is 0.000000521. The van der Waals surface area contributed by atoms with Crippen molar-refractivity contribution in [3.63, 3.8) is 0 Å². The van der Waals surface area contributed by atoms with E-state index in [1.807, 2.05) is 0 Å². The summed E-state index contributed by atoms with van der Waals surface area (Å²) in [5.41, 5.74) is 6.18. The maximum Gasteiger partial charge on any atom is 0.150 e. The number of hydrogen-bond donors (Lipinski definition) is 2. The number of rotatable bonds is 4. The quantitative estimate of drug-likeness (QED) is 0.394. The predicted molar refractivity (Wildman–Crippen MR) is 152 cm³/mol. The van der Waals surface area contributed by atoms with Gasteiger partial charge in [-0.2, -0.15) is 0 Å². The molecule has 5 rings (SSSR count). The van der Waals surface area contributed by atoms with Crippen LogP contribution in [-0.4, -0.2) is 19.3 Å². The summed E-state index contributed by atoms with van der Waals surface area (Å²) in [6.45, 7) is 16.7. The molecule has 35 heavy (non-hydrogen) atoms. The van der Waals surface area contributed by atoms with E-state index < -0.39 is 0 Å². The Bertz CT molecular complexity index is 1090. The van der Waals surface area contributed by atoms with Gasteiger partial charge in [-0.25, -0.2) is 0 Å². The lowest BCUT2D eigenvalue weighted by molar-refractivity contribution is 0.648. The van der Waals surface area contributed by atoms with Crippen molar-refractivity contribution in [2.45, 2.75) is 46.7 Å². The lowest BCUT2D eigenvalue weighted by Gasteiger charge is -2.32. The molecule has 0 saturated heterocycles. The zero-order valence-electron chi connectivity index (χ0n) is 21.7. The summed E-state index contributed by atoms with van der Waals surface area (Å²) in [7, 11) is 0. The summed E-state index contributed by atoms with van der Waals surface area (Å²) in [6.07, 6.45) is 2.80. The van der Waals surface area contributed by atoms with Crippen LogP contribution >= 0.6 is 0 Å². The number of nitrogens with zero attached hydrogens (tertiary/aromatic N) is 2. The standard InChI is InChI=1S/C25H26N4.C4H10.C2H4/c1-18-13-14-21(20-9-5-3-6-10-20)17-23(18)29-19(2)28(22-11-7-4-8-12-22)24-25(29)27-16-15-26-24;1-3-4-2;1-2/h3-14,17,19,26-27H,15-16H2,1-2H3;3-4H2,1-2H3;1-2H2. The van der Waals surface area contributed by atoms with E-state index in [0.717, 1.165) is 24.7 Å². The van der Waals surface area contributed by atoms with Gasteiger partial charge in [0.1, 0.15) is 17.8 Å². The van der Waals surface area contributed by atoms with Gasteiger partial charge in [0.05, 0.1) is 0 Å². The molecular formula is C31H40N4. The van der Waals surface area contributed by atoms with Gasteiger partial charge in [0.2, 0.25) is 0 Å². The molecule has 0 fully saturated rings. The number of benzene rings is 3. The second-order valence-corrected chi connectivity index (χ2v) is 8.63. The molecule has 2 N–H and O–H groups in total. The SMILES string of the molecule is C=C.CCCC.Cc1ccc(-c2ccccc2)cc1N1C2=C(NCCN2)N(c2ccccc2)C1C. The summed E-state index contributed by atoms with van der Waals surface area (Å²) < 4.78 is 0. The summed E-state index contributed by atoms with van der Waals surface area (Å²) in [5, 5.41) is 7.27. The van der Waals surface area contributed by atoms with Crippen molar-refractivity contribution < 1.29 is 0 Å². The van der Waals surface area contributed by atoms with Crippen molar-refractivity contribution in [3.05, 3.63) is 109 Å². The third-order valence-corrected chi connectivity index (χ3v) is 6.27. The molecule has 1 atom stereocenters. The fraction of sp³-hybridized carbons (Fsp3) is 0.290. The van der Waals surface area contributed by atoms with Crippen molar-refractivity contribution in [3.8, 4) is 11.1 Å². The Morgan fingerprint density at radius 3 is 1.86 bits per heavy atom. The second-order valence-electron chi connectivity index (χ2n) is 8.63. The maximum absolute atomic E-state index is 3.65. The number of unbranched alkanes of at least 4 members (excludes halogenated alkanes) is 1. The first kappa shape index (κ1) is 26.0. The van der Waals surface area contributed by atoms with E-state index >= 15 is 0 Å². The van der Waals surface area contributed by atoms with Gasteiger partial charge >= 0.3 is 0 Å². The van der Waals surface area contributed by atoms with Crippen LogP contribution < -0.4 is 20.4 Å². The zero-order valence-corrected chi connectivity index (χ0v) is 21.7.